The van der Waals surface area contributed by atoms with Crippen LogP contribution in [0.1, 0.15) is 67.0 Å². The fourth-order valence-electron chi connectivity index (χ4n) is 5.56. The largest absolute Gasteiger partial charge is 0.349 e. The van der Waals surface area contributed by atoms with Gasteiger partial charge in [0.15, 0.2) is 0 Å². The van der Waals surface area contributed by atoms with E-state index < -0.39 is 27.5 Å². The summed E-state index contributed by atoms with van der Waals surface area (Å²) in [6, 6.07) is 10.5. The molecule has 2 aromatic rings. The SMILES string of the molecule is Cc1cc(C)c(S(=O)(=O)N2CC(C)(C)NC(=O)[C@H]2CC(=O)NC2CCCc3ccccc32)c(C)c1. The second kappa shape index (κ2) is 9.39. The number of piperazine rings is 1. The molecule has 35 heavy (non-hydrogen) atoms. The van der Waals surface area contributed by atoms with E-state index in [4.69, 9.17) is 0 Å². The number of sulfonamides is 1. The third-order valence-electron chi connectivity index (χ3n) is 6.92. The maximum absolute atomic E-state index is 13.9. The lowest BCUT2D eigenvalue weighted by atomic mass is 9.87. The molecule has 0 radical (unpaired) electrons. The molecule has 1 aliphatic heterocycles. The summed E-state index contributed by atoms with van der Waals surface area (Å²) in [4.78, 5) is 26.5. The van der Waals surface area contributed by atoms with Gasteiger partial charge in [-0.25, -0.2) is 8.42 Å². The molecule has 1 fully saturated rings. The number of rotatable bonds is 5. The number of nitrogens with zero attached hydrogens (tertiary/aromatic N) is 1. The predicted molar refractivity (Wildman–Crippen MR) is 135 cm³/mol. The molecule has 2 N–H and O–H groups in total. The summed E-state index contributed by atoms with van der Waals surface area (Å²) >= 11 is 0. The lowest BCUT2D eigenvalue weighted by Crippen LogP contribution is -2.66. The Morgan fingerprint density at radius 3 is 2.49 bits per heavy atom. The van der Waals surface area contributed by atoms with Gasteiger partial charge in [-0.05, 0) is 76.1 Å². The van der Waals surface area contributed by atoms with Gasteiger partial charge in [-0.15, -0.1) is 0 Å². The van der Waals surface area contributed by atoms with Gasteiger partial charge in [-0.3, -0.25) is 9.59 Å². The van der Waals surface area contributed by atoms with Crippen LogP contribution in [0.2, 0.25) is 0 Å². The molecule has 1 heterocycles. The van der Waals surface area contributed by atoms with Crippen molar-refractivity contribution >= 4 is 21.8 Å². The van der Waals surface area contributed by atoms with Gasteiger partial charge in [-0.1, -0.05) is 42.0 Å². The highest BCUT2D eigenvalue weighted by Gasteiger charge is 2.46. The molecule has 0 saturated carbocycles. The minimum Gasteiger partial charge on any atom is -0.349 e. The van der Waals surface area contributed by atoms with E-state index in [1.807, 2.05) is 37.3 Å². The Morgan fingerprint density at radius 2 is 1.80 bits per heavy atom. The van der Waals surface area contributed by atoms with Gasteiger partial charge in [0.25, 0.3) is 0 Å². The van der Waals surface area contributed by atoms with Gasteiger partial charge in [0.05, 0.1) is 17.4 Å². The maximum atomic E-state index is 13.9. The third kappa shape index (κ3) is 5.14. The van der Waals surface area contributed by atoms with Crippen molar-refractivity contribution in [1.82, 2.24) is 14.9 Å². The first-order valence-corrected chi connectivity index (χ1v) is 13.6. The van der Waals surface area contributed by atoms with E-state index in [0.29, 0.717) is 11.1 Å². The zero-order valence-corrected chi connectivity index (χ0v) is 22.0. The number of fused-ring (bicyclic) bond motifs is 1. The van der Waals surface area contributed by atoms with E-state index in [2.05, 4.69) is 16.7 Å². The average molecular weight is 498 g/mol. The predicted octanol–water partition coefficient (Wildman–Crippen LogP) is 3.46. The van der Waals surface area contributed by atoms with Crippen LogP contribution in [0, 0.1) is 20.8 Å². The Hall–Kier alpha value is -2.71. The van der Waals surface area contributed by atoms with Gasteiger partial charge in [-0.2, -0.15) is 4.31 Å². The Bertz CT molecular complexity index is 1250. The zero-order chi connectivity index (χ0) is 25.5. The molecule has 1 unspecified atom stereocenters. The van der Waals surface area contributed by atoms with E-state index in [9.17, 15) is 18.0 Å². The van der Waals surface area contributed by atoms with E-state index in [1.165, 1.54) is 9.87 Å². The minimum atomic E-state index is -4.03. The Kier molecular flexibility index (Phi) is 6.81. The molecule has 0 spiro atoms. The molecule has 1 aliphatic carbocycles. The van der Waals surface area contributed by atoms with Crippen LogP contribution in [-0.2, 0) is 26.0 Å². The third-order valence-corrected chi connectivity index (χ3v) is 9.08. The van der Waals surface area contributed by atoms with Crippen LogP contribution in [0.4, 0.5) is 0 Å². The molecule has 0 aromatic heterocycles. The molecule has 188 valence electrons. The van der Waals surface area contributed by atoms with Gasteiger partial charge >= 0.3 is 0 Å². The fraction of sp³-hybridized carbons (Fsp3) is 0.481. The minimum absolute atomic E-state index is 0.0814. The van der Waals surface area contributed by atoms with Crippen LogP contribution in [-0.4, -0.2) is 42.7 Å². The summed E-state index contributed by atoms with van der Waals surface area (Å²) in [7, 11) is -4.03. The Morgan fingerprint density at radius 1 is 1.14 bits per heavy atom. The van der Waals surface area contributed by atoms with Gasteiger partial charge in [0.1, 0.15) is 6.04 Å². The highest BCUT2D eigenvalue weighted by Crippen LogP contribution is 2.32. The molecule has 4 rings (SSSR count). The summed E-state index contributed by atoms with van der Waals surface area (Å²) in [5.41, 5.74) is 3.79. The Balaban J connectivity index is 1.63. The van der Waals surface area contributed by atoms with E-state index in [1.54, 1.807) is 27.7 Å². The quantitative estimate of drug-likeness (QED) is 0.661. The second-order valence-corrected chi connectivity index (χ2v) is 12.4. The standard InChI is InChI=1S/C27H35N3O4S/c1-17-13-18(2)25(19(3)14-17)35(33,34)30-16-27(4,5)29-26(32)23(30)15-24(31)28-22-12-8-10-20-9-6-7-11-21(20)22/h6-7,9,11,13-14,22-23H,8,10,12,15-16H2,1-5H3,(H,28,31)(H,29,32)/t22?,23-/m1/s1. The molecule has 2 amide bonds. The van der Waals surface area contributed by atoms with Crippen molar-refractivity contribution < 1.29 is 18.0 Å². The normalized spacial score (nSPS) is 22.3. The molecular weight excluding hydrogens is 462 g/mol. The second-order valence-electron chi connectivity index (χ2n) is 10.6. The van der Waals surface area contributed by atoms with E-state index >= 15 is 0 Å². The van der Waals surface area contributed by atoms with Crippen molar-refractivity contribution in [2.45, 2.75) is 82.8 Å². The molecule has 7 nitrogen and oxygen atoms in total. The number of hydrogen-bond acceptors (Lipinski definition) is 4. The van der Waals surface area contributed by atoms with Crippen molar-refractivity contribution in [3.63, 3.8) is 0 Å². The first-order chi connectivity index (χ1) is 16.4. The average Bonchev–Trinajstić information content (AvgIpc) is 2.74. The smallest absolute Gasteiger partial charge is 0.244 e. The van der Waals surface area contributed by atoms with Crippen molar-refractivity contribution in [3.8, 4) is 0 Å². The lowest BCUT2D eigenvalue weighted by molar-refractivity contribution is -0.134. The van der Waals surface area contributed by atoms with E-state index in [0.717, 1.165) is 30.4 Å². The monoisotopic (exact) mass is 497 g/mol. The summed E-state index contributed by atoms with van der Waals surface area (Å²) in [5.74, 6) is -0.782. The summed E-state index contributed by atoms with van der Waals surface area (Å²) in [6.07, 6.45) is 2.52. The molecule has 0 bridgehead atoms. The number of benzene rings is 2. The summed E-state index contributed by atoms with van der Waals surface area (Å²) in [6.45, 7) is 9.12. The van der Waals surface area contributed by atoms with Crippen molar-refractivity contribution in [2.75, 3.05) is 6.54 Å². The number of carbonyl (C=O) groups excluding carboxylic acids is 2. The van der Waals surface area contributed by atoms with Gasteiger partial charge in [0, 0.05) is 12.1 Å². The fourth-order valence-corrected chi connectivity index (χ4v) is 7.72. The van der Waals surface area contributed by atoms with Crippen LogP contribution in [0.5, 0.6) is 0 Å². The molecular formula is C27H35N3O4S. The van der Waals surface area contributed by atoms with Crippen molar-refractivity contribution in [1.29, 1.82) is 0 Å². The van der Waals surface area contributed by atoms with Crippen LogP contribution >= 0.6 is 0 Å². The van der Waals surface area contributed by atoms with Crippen LogP contribution in [0.25, 0.3) is 0 Å². The molecule has 1 saturated heterocycles. The van der Waals surface area contributed by atoms with Crippen molar-refractivity contribution in [2.24, 2.45) is 0 Å². The lowest BCUT2D eigenvalue weighted by Gasteiger charge is -2.43. The highest BCUT2D eigenvalue weighted by molar-refractivity contribution is 7.89. The number of carbonyl (C=O) groups is 2. The van der Waals surface area contributed by atoms with Crippen LogP contribution in [0.15, 0.2) is 41.3 Å². The number of amides is 2. The van der Waals surface area contributed by atoms with Crippen LogP contribution in [0.3, 0.4) is 0 Å². The maximum Gasteiger partial charge on any atom is 0.244 e. The molecule has 2 aromatic carbocycles. The summed E-state index contributed by atoms with van der Waals surface area (Å²) < 4.78 is 29.1. The number of aryl methyl sites for hydroxylation is 4. The first kappa shape index (κ1) is 25.4. The highest BCUT2D eigenvalue weighted by atomic mass is 32.2. The topological polar surface area (TPSA) is 95.6 Å². The summed E-state index contributed by atoms with van der Waals surface area (Å²) in [5, 5.41) is 5.96. The van der Waals surface area contributed by atoms with Crippen molar-refractivity contribution in [3.05, 3.63) is 64.2 Å². The Labute approximate surface area is 208 Å². The van der Waals surface area contributed by atoms with E-state index in [-0.39, 0.29) is 29.8 Å². The number of nitrogens with one attached hydrogen (secondary N) is 2. The first-order valence-electron chi connectivity index (χ1n) is 12.2. The molecule has 2 aliphatic rings. The van der Waals surface area contributed by atoms with Gasteiger partial charge in [0.2, 0.25) is 21.8 Å². The van der Waals surface area contributed by atoms with Crippen LogP contribution < -0.4 is 10.6 Å². The molecule has 8 heteroatoms. The molecule has 2 atom stereocenters. The van der Waals surface area contributed by atoms with Gasteiger partial charge < -0.3 is 10.6 Å². The number of hydrogen-bond donors (Lipinski definition) is 2. The zero-order valence-electron chi connectivity index (χ0n) is 21.1.